The summed E-state index contributed by atoms with van der Waals surface area (Å²) in [5, 5.41) is 9.00. The number of hydrogen-bond donors (Lipinski definition) is 0. The maximum Gasteiger partial charge on any atom is 0.267 e. The summed E-state index contributed by atoms with van der Waals surface area (Å²) >= 11 is 1.29. The van der Waals surface area contributed by atoms with E-state index in [0.29, 0.717) is 21.6 Å². The van der Waals surface area contributed by atoms with Gasteiger partial charge in [-0.2, -0.15) is 5.10 Å². The Morgan fingerprint density at radius 3 is 2.63 bits per heavy atom. The predicted octanol–water partition coefficient (Wildman–Crippen LogP) is 4.79. The van der Waals surface area contributed by atoms with Gasteiger partial charge in [-0.25, -0.2) is 0 Å². The fourth-order valence-electron chi connectivity index (χ4n) is 2.89. The van der Waals surface area contributed by atoms with Crippen LogP contribution in [0.15, 0.2) is 92.5 Å². The predicted molar refractivity (Wildman–Crippen MR) is 119 cm³/mol. The number of amidine groups is 1. The number of hydrogen-bond acceptors (Lipinski definition) is 6. The fourth-order valence-corrected chi connectivity index (χ4v) is 3.83. The number of ether oxygens (including phenoxy) is 1. The summed E-state index contributed by atoms with van der Waals surface area (Å²) in [6, 6.07) is 20.9. The number of para-hydroxylation sites is 1. The lowest BCUT2D eigenvalue weighted by atomic mass is 10.2. The second kappa shape index (κ2) is 9.28. The molecular formula is C23H19N3O3S. The van der Waals surface area contributed by atoms with Gasteiger partial charge in [0.1, 0.15) is 11.5 Å². The molecule has 0 spiro atoms. The molecular weight excluding hydrogens is 398 g/mol. The Morgan fingerprint density at radius 2 is 1.87 bits per heavy atom. The lowest BCUT2D eigenvalue weighted by molar-refractivity contribution is -0.122. The van der Waals surface area contributed by atoms with Crippen molar-refractivity contribution in [2.24, 2.45) is 10.2 Å². The van der Waals surface area contributed by atoms with Crippen molar-refractivity contribution in [3.8, 4) is 5.75 Å². The summed E-state index contributed by atoms with van der Waals surface area (Å²) in [4.78, 5) is 15.2. The Bertz CT molecular complexity index is 1110. The minimum atomic E-state index is -0.133. The maximum atomic E-state index is 13.0. The molecule has 3 aromatic rings. The highest BCUT2D eigenvalue weighted by Gasteiger charge is 2.34. The number of carbonyl (C=O) groups excluding carboxylic acids is 1. The van der Waals surface area contributed by atoms with Gasteiger partial charge in [0.15, 0.2) is 5.17 Å². The van der Waals surface area contributed by atoms with Gasteiger partial charge in [-0.15, -0.1) is 5.10 Å². The Hall–Kier alpha value is -3.58. The molecule has 150 valence electrons. The molecule has 0 aliphatic carbocycles. The third-order valence-electron chi connectivity index (χ3n) is 4.36. The van der Waals surface area contributed by atoms with Crippen molar-refractivity contribution < 1.29 is 13.9 Å². The van der Waals surface area contributed by atoms with Gasteiger partial charge >= 0.3 is 0 Å². The van der Waals surface area contributed by atoms with E-state index >= 15 is 0 Å². The van der Waals surface area contributed by atoms with Crippen molar-refractivity contribution in [1.29, 1.82) is 0 Å². The quantitative estimate of drug-likeness (QED) is 0.328. The van der Waals surface area contributed by atoms with Crippen LogP contribution in [0.25, 0.3) is 6.08 Å². The van der Waals surface area contributed by atoms with E-state index in [9.17, 15) is 4.79 Å². The average molecular weight is 417 g/mol. The summed E-state index contributed by atoms with van der Waals surface area (Å²) in [5.41, 5.74) is 1.75. The summed E-state index contributed by atoms with van der Waals surface area (Å²) in [5.74, 6) is 1.24. The van der Waals surface area contributed by atoms with E-state index in [2.05, 4.69) is 10.2 Å². The van der Waals surface area contributed by atoms with Gasteiger partial charge < -0.3 is 9.15 Å². The van der Waals surface area contributed by atoms with Crippen LogP contribution in [0.1, 0.15) is 16.9 Å². The summed E-state index contributed by atoms with van der Waals surface area (Å²) < 4.78 is 10.7. The van der Waals surface area contributed by atoms with Crippen LogP contribution in [0.5, 0.6) is 5.75 Å². The van der Waals surface area contributed by atoms with Crippen LogP contribution in [0.3, 0.4) is 0 Å². The van der Waals surface area contributed by atoms with Crippen LogP contribution >= 0.6 is 11.8 Å². The molecule has 6 nitrogen and oxygen atoms in total. The van der Waals surface area contributed by atoms with Gasteiger partial charge in [-0.1, -0.05) is 42.5 Å². The number of methoxy groups -OCH3 is 1. The lowest BCUT2D eigenvalue weighted by Crippen LogP contribution is -2.28. The standard InChI is InChI=1S/C23H19N3O3S/c1-28-20-12-6-5-10-18(20)15-24-25-23-26(16-19-11-7-13-29-19)22(27)21(30-23)14-17-8-3-2-4-9-17/h2-15H,16H2,1H3/b21-14-,24-15+,25-23-. The lowest BCUT2D eigenvalue weighted by Gasteiger charge is -2.12. The van der Waals surface area contributed by atoms with Gasteiger partial charge in [0.25, 0.3) is 5.91 Å². The molecule has 0 unspecified atom stereocenters. The number of carbonyl (C=O) groups is 1. The van der Waals surface area contributed by atoms with E-state index in [1.54, 1.807) is 30.6 Å². The van der Waals surface area contributed by atoms with Crippen molar-refractivity contribution in [2.45, 2.75) is 6.54 Å². The van der Waals surface area contributed by atoms with Gasteiger partial charge in [0.05, 0.1) is 31.0 Å². The van der Waals surface area contributed by atoms with Gasteiger partial charge in [-0.3, -0.25) is 9.69 Å². The highest BCUT2D eigenvalue weighted by Crippen LogP contribution is 2.33. The van der Waals surface area contributed by atoms with Crippen molar-refractivity contribution in [2.75, 3.05) is 7.11 Å². The molecule has 30 heavy (non-hydrogen) atoms. The number of nitrogens with zero attached hydrogens (tertiary/aromatic N) is 3. The van der Waals surface area contributed by atoms with Crippen molar-refractivity contribution in [1.82, 2.24) is 4.90 Å². The first-order valence-corrected chi connectivity index (χ1v) is 10.1. The molecule has 1 aromatic heterocycles. The molecule has 1 fully saturated rings. The molecule has 0 bridgehead atoms. The van der Waals surface area contributed by atoms with Crippen molar-refractivity contribution in [3.63, 3.8) is 0 Å². The first-order valence-electron chi connectivity index (χ1n) is 9.27. The smallest absolute Gasteiger partial charge is 0.267 e. The van der Waals surface area contributed by atoms with Gasteiger partial charge in [0, 0.05) is 5.56 Å². The molecule has 2 aromatic carbocycles. The summed E-state index contributed by atoms with van der Waals surface area (Å²) in [6.07, 6.45) is 5.05. The van der Waals surface area contributed by atoms with E-state index in [-0.39, 0.29) is 12.5 Å². The van der Waals surface area contributed by atoms with Crippen LogP contribution in [-0.4, -0.2) is 29.3 Å². The van der Waals surface area contributed by atoms with E-state index in [4.69, 9.17) is 9.15 Å². The largest absolute Gasteiger partial charge is 0.496 e. The number of furan rings is 1. The average Bonchev–Trinajstić information content (AvgIpc) is 3.39. The number of benzene rings is 2. The normalized spacial score (nSPS) is 16.8. The number of thioether (sulfide) groups is 1. The molecule has 2 heterocycles. The Balaban J connectivity index is 1.62. The third kappa shape index (κ3) is 4.52. The molecule has 7 heteroatoms. The second-order valence-electron chi connectivity index (χ2n) is 6.36. The van der Waals surface area contributed by atoms with Gasteiger partial charge in [-0.05, 0) is 47.7 Å². The highest BCUT2D eigenvalue weighted by atomic mass is 32.2. The first kappa shape index (κ1) is 19.7. The molecule has 4 rings (SSSR count). The van der Waals surface area contributed by atoms with Crippen LogP contribution in [0.2, 0.25) is 0 Å². The molecule has 0 atom stereocenters. The SMILES string of the molecule is COc1ccccc1/C=N/N=C1\S/C(=C\c2ccccc2)C(=O)N1Cc1ccco1. The molecule has 1 aliphatic rings. The molecule has 1 amide bonds. The minimum Gasteiger partial charge on any atom is -0.496 e. The van der Waals surface area contributed by atoms with Crippen LogP contribution in [0, 0.1) is 0 Å². The topological polar surface area (TPSA) is 67.4 Å². The van der Waals surface area contributed by atoms with Crippen LogP contribution < -0.4 is 4.74 Å². The fraction of sp³-hybridized carbons (Fsp3) is 0.0870. The Kier molecular flexibility index (Phi) is 6.10. The second-order valence-corrected chi connectivity index (χ2v) is 7.37. The zero-order chi connectivity index (χ0) is 20.8. The molecule has 1 saturated heterocycles. The minimum absolute atomic E-state index is 0.133. The summed E-state index contributed by atoms with van der Waals surface area (Å²) in [7, 11) is 1.61. The van der Waals surface area contributed by atoms with Crippen LogP contribution in [0.4, 0.5) is 0 Å². The zero-order valence-electron chi connectivity index (χ0n) is 16.3. The molecule has 0 saturated carbocycles. The number of amides is 1. The van der Waals surface area contributed by atoms with E-state index in [1.165, 1.54) is 11.8 Å². The molecule has 0 N–H and O–H groups in total. The summed E-state index contributed by atoms with van der Waals surface area (Å²) in [6.45, 7) is 0.286. The number of rotatable bonds is 6. The van der Waals surface area contributed by atoms with E-state index in [0.717, 1.165) is 11.1 Å². The van der Waals surface area contributed by atoms with Crippen LogP contribution in [-0.2, 0) is 11.3 Å². The maximum absolute atomic E-state index is 13.0. The Morgan fingerprint density at radius 1 is 1.07 bits per heavy atom. The van der Waals surface area contributed by atoms with E-state index < -0.39 is 0 Å². The third-order valence-corrected chi connectivity index (χ3v) is 5.36. The Labute approximate surface area is 178 Å². The van der Waals surface area contributed by atoms with E-state index in [1.807, 2.05) is 66.7 Å². The van der Waals surface area contributed by atoms with Crippen molar-refractivity contribution in [3.05, 3.63) is 94.8 Å². The molecule has 0 radical (unpaired) electrons. The molecule has 1 aliphatic heterocycles. The zero-order valence-corrected chi connectivity index (χ0v) is 17.1. The highest BCUT2D eigenvalue weighted by molar-refractivity contribution is 8.18. The monoisotopic (exact) mass is 417 g/mol. The first-order chi connectivity index (χ1) is 14.7. The van der Waals surface area contributed by atoms with Gasteiger partial charge in [0.2, 0.25) is 0 Å². The van der Waals surface area contributed by atoms with Crippen molar-refractivity contribution >= 4 is 35.1 Å².